The molecule has 1 heterocycles. The zero-order chi connectivity index (χ0) is 12.1. The Hall–Kier alpha value is -2.77. The molecule has 0 fully saturated rings. The van der Waals surface area contributed by atoms with Crippen molar-refractivity contribution in [1.82, 2.24) is 9.78 Å². The van der Waals surface area contributed by atoms with Gasteiger partial charge in [-0.15, -0.1) is 0 Å². The molecule has 6 nitrogen and oxygen atoms in total. The minimum absolute atomic E-state index is 0.285. The van der Waals surface area contributed by atoms with Crippen molar-refractivity contribution in [2.75, 3.05) is 0 Å². The Morgan fingerprint density at radius 3 is 2.82 bits per heavy atom. The van der Waals surface area contributed by atoms with Gasteiger partial charge in [-0.25, -0.2) is 4.68 Å². The maximum absolute atomic E-state index is 8.68. The molecule has 17 heavy (non-hydrogen) atoms. The zero-order valence-electron chi connectivity index (χ0n) is 8.85. The van der Waals surface area contributed by atoms with E-state index in [9.17, 15) is 0 Å². The van der Waals surface area contributed by atoms with Crippen LogP contribution in [0.15, 0.2) is 41.8 Å². The monoisotopic (exact) mass is 224 g/mol. The average Bonchev–Trinajstić information content (AvgIpc) is 2.85. The Bertz CT molecular complexity index is 598. The Morgan fingerprint density at radius 1 is 1.41 bits per heavy atom. The van der Waals surface area contributed by atoms with Gasteiger partial charge in [-0.05, 0) is 35.4 Å². The molecule has 0 spiro atoms. The molecule has 6 heteroatoms. The molecule has 0 atom stereocenters. The van der Waals surface area contributed by atoms with Crippen LogP contribution in [-0.2, 0) is 6.54 Å². The summed E-state index contributed by atoms with van der Waals surface area (Å²) < 4.78 is 1.67. The van der Waals surface area contributed by atoms with Gasteiger partial charge in [-0.3, -0.25) is 0 Å². The topological polar surface area (TPSA) is 90.4 Å². The summed E-state index contributed by atoms with van der Waals surface area (Å²) in [6.45, 7) is 0.285. The fraction of sp³-hybridized carbons (Fsp3) is 0.0909. The molecule has 0 aliphatic heterocycles. The van der Waals surface area contributed by atoms with Crippen LogP contribution in [-0.4, -0.2) is 9.78 Å². The van der Waals surface area contributed by atoms with Crippen LogP contribution in [0.25, 0.3) is 16.1 Å². The second-order valence-corrected chi connectivity index (χ2v) is 3.34. The quantitative estimate of drug-likeness (QED) is 0.455. The van der Waals surface area contributed by atoms with E-state index in [1.807, 2.05) is 12.1 Å². The smallest absolute Gasteiger partial charge is 0.0991 e. The first kappa shape index (κ1) is 10.7. The maximum atomic E-state index is 8.68. The normalized spacial score (nSPS) is 9.35. The highest BCUT2D eigenvalue weighted by atomic mass is 15.3. The lowest BCUT2D eigenvalue weighted by Crippen LogP contribution is -1.93. The van der Waals surface area contributed by atoms with Gasteiger partial charge in [0.15, 0.2) is 0 Å². The molecule has 1 aromatic carbocycles. The largest absolute Gasteiger partial charge is 0.241 e. The zero-order valence-corrected chi connectivity index (χ0v) is 8.85. The van der Waals surface area contributed by atoms with Gasteiger partial charge < -0.3 is 0 Å². The van der Waals surface area contributed by atoms with E-state index in [1.54, 1.807) is 29.2 Å². The molecule has 2 rings (SSSR count). The fourth-order valence-corrected chi connectivity index (χ4v) is 1.38. The number of benzene rings is 1. The van der Waals surface area contributed by atoms with Crippen molar-refractivity contribution in [3.05, 3.63) is 58.2 Å². The lowest BCUT2D eigenvalue weighted by atomic mass is 10.2. The molecule has 1 aromatic heterocycles. The van der Waals surface area contributed by atoms with Crippen LogP contribution in [0, 0.1) is 11.3 Å². The summed E-state index contributed by atoms with van der Waals surface area (Å²) in [6, 6.07) is 9.12. The van der Waals surface area contributed by atoms with Crippen molar-refractivity contribution in [3.63, 3.8) is 0 Å². The van der Waals surface area contributed by atoms with Gasteiger partial charge in [0.2, 0.25) is 0 Å². The molecule has 0 N–H and O–H groups in total. The first-order chi connectivity index (χ1) is 8.33. The summed E-state index contributed by atoms with van der Waals surface area (Å²) in [7, 11) is 0. The highest BCUT2D eigenvalue weighted by Gasteiger charge is 2.00. The number of nitriles is 1. The molecule has 0 bridgehead atoms. The van der Waals surface area contributed by atoms with Gasteiger partial charge in [0.05, 0.1) is 30.1 Å². The van der Waals surface area contributed by atoms with Crippen LogP contribution < -0.4 is 0 Å². The van der Waals surface area contributed by atoms with Gasteiger partial charge >= 0.3 is 0 Å². The van der Waals surface area contributed by atoms with Crippen molar-refractivity contribution in [2.24, 2.45) is 5.11 Å². The van der Waals surface area contributed by atoms with Crippen LogP contribution in [0.3, 0.4) is 0 Å². The van der Waals surface area contributed by atoms with Crippen LogP contribution >= 0.6 is 0 Å². The van der Waals surface area contributed by atoms with Gasteiger partial charge in [0.25, 0.3) is 0 Å². The van der Waals surface area contributed by atoms with Crippen LogP contribution in [0.5, 0.6) is 0 Å². The summed E-state index contributed by atoms with van der Waals surface area (Å²) >= 11 is 0. The van der Waals surface area contributed by atoms with Crippen molar-refractivity contribution in [1.29, 1.82) is 5.26 Å². The maximum Gasteiger partial charge on any atom is 0.0991 e. The molecule has 0 unspecified atom stereocenters. The Kier molecular flexibility index (Phi) is 3.05. The third kappa shape index (κ3) is 2.43. The Labute approximate surface area is 97.4 Å². The number of aromatic nitrogens is 2. The molecule has 0 aliphatic rings. The predicted octanol–water partition coefficient (Wildman–Crippen LogP) is 2.55. The second kappa shape index (κ2) is 4.84. The summed E-state index contributed by atoms with van der Waals surface area (Å²) in [5, 5.41) is 16.3. The van der Waals surface area contributed by atoms with Crippen molar-refractivity contribution in [3.8, 4) is 11.8 Å². The van der Waals surface area contributed by atoms with E-state index < -0.39 is 0 Å². The first-order valence-corrected chi connectivity index (χ1v) is 4.88. The minimum Gasteiger partial charge on any atom is -0.241 e. The van der Waals surface area contributed by atoms with E-state index in [2.05, 4.69) is 21.2 Å². The van der Waals surface area contributed by atoms with E-state index in [0.29, 0.717) is 5.56 Å². The highest BCUT2D eigenvalue weighted by molar-refractivity contribution is 5.39. The second-order valence-electron chi connectivity index (χ2n) is 3.34. The number of hydrogen-bond donors (Lipinski definition) is 0. The molecule has 0 saturated heterocycles. The Morgan fingerprint density at radius 2 is 2.18 bits per heavy atom. The predicted molar refractivity (Wildman–Crippen MR) is 61.1 cm³/mol. The van der Waals surface area contributed by atoms with Crippen LogP contribution in [0.4, 0.5) is 0 Å². The number of azide groups is 1. The van der Waals surface area contributed by atoms with Crippen LogP contribution in [0.1, 0.15) is 11.1 Å². The van der Waals surface area contributed by atoms with Crippen molar-refractivity contribution < 1.29 is 0 Å². The van der Waals surface area contributed by atoms with Gasteiger partial charge in [-0.2, -0.15) is 10.4 Å². The van der Waals surface area contributed by atoms with E-state index in [1.165, 1.54) is 0 Å². The molecule has 82 valence electrons. The lowest BCUT2D eigenvalue weighted by molar-refractivity contribution is 0.879. The van der Waals surface area contributed by atoms with E-state index in [-0.39, 0.29) is 6.54 Å². The van der Waals surface area contributed by atoms with E-state index in [4.69, 9.17) is 10.8 Å². The average molecular weight is 224 g/mol. The lowest BCUT2D eigenvalue weighted by Gasteiger charge is -1.99. The van der Waals surface area contributed by atoms with Gasteiger partial charge in [0, 0.05) is 11.1 Å². The summed E-state index contributed by atoms with van der Waals surface area (Å²) in [5.41, 5.74) is 10.5. The molecule has 2 aromatic rings. The first-order valence-electron chi connectivity index (χ1n) is 4.88. The third-order valence-corrected chi connectivity index (χ3v) is 2.21. The molecule has 0 saturated carbocycles. The molecule has 0 radical (unpaired) electrons. The van der Waals surface area contributed by atoms with E-state index >= 15 is 0 Å². The van der Waals surface area contributed by atoms with E-state index in [0.717, 1.165) is 11.3 Å². The van der Waals surface area contributed by atoms with Gasteiger partial charge in [0.1, 0.15) is 0 Å². The highest BCUT2D eigenvalue weighted by Crippen LogP contribution is 2.10. The minimum atomic E-state index is 0.285. The van der Waals surface area contributed by atoms with Crippen molar-refractivity contribution >= 4 is 0 Å². The molecular weight excluding hydrogens is 216 g/mol. The summed E-state index contributed by atoms with van der Waals surface area (Å²) in [5.74, 6) is 0. The number of nitrogens with zero attached hydrogens (tertiary/aromatic N) is 6. The van der Waals surface area contributed by atoms with Gasteiger partial charge in [-0.1, -0.05) is 5.11 Å². The molecule has 0 amide bonds. The fourth-order valence-electron chi connectivity index (χ4n) is 1.38. The standard InChI is InChI=1S/C11H8N6/c12-5-9-1-3-11(4-2-9)17-8-10(7-15-17)6-14-16-13/h1-4,7-8H,6H2. The number of hydrogen-bond acceptors (Lipinski definition) is 3. The summed E-state index contributed by atoms with van der Waals surface area (Å²) in [6.07, 6.45) is 3.43. The van der Waals surface area contributed by atoms with Crippen LogP contribution in [0.2, 0.25) is 0 Å². The number of rotatable bonds is 3. The molecular formula is C11H8N6. The SMILES string of the molecule is N#Cc1ccc(-n2cc(CN=[N+]=[N-])cn2)cc1. The third-order valence-electron chi connectivity index (χ3n) is 2.21. The Balaban J connectivity index is 2.24. The molecule has 0 aliphatic carbocycles. The summed E-state index contributed by atoms with van der Waals surface area (Å²) in [4.78, 5) is 2.69. The van der Waals surface area contributed by atoms with Crippen molar-refractivity contribution in [2.45, 2.75) is 6.54 Å².